The zero-order valence-electron chi connectivity index (χ0n) is 13.8. The summed E-state index contributed by atoms with van der Waals surface area (Å²) in [5.74, 6) is 0.999. The molecular weight excluding hydrogens is 352 g/mol. The van der Waals surface area contributed by atoms with Gasteiger partial charge >= 0.3 is 0 Å². The summed E-state index contributed by atoms with van der Waals surface area (Å²) in [6, 6.07) is 10.3. The fourth-order valence-corrected chi connectivity index (χ4v) is 2.56. The second kappa shape index (κ2) is 10.4. The average molecular weight is 374 g/mol. The van der Waals surface area contributed by atoms with E-state index < -0.39 is 0 Å². The molecule has 0 radical (unpaired) electrons. The predicted molar refractivity (Wildman–Crippen MR) is 98.2 cm³/mol. The minimum Gasteiger partial charge on any atom is -0.493 e. The Balaban J connectivity index is 0.00000288. The fourth-order valence-electron chi connectivity index (χ4n) is 2.28. The Hall–Kier alpha value is -1.49. The van der Waals surface area contributed by atoms with Crippen molar-refractivity contribution in [3.8, 4) is 11.5 Å². The highest BCUT2D eigenvalue weighted by atomic mass is 35.5. The number of benzene rings is 2. The Bertz CT molecular complexity index is 636. The molecule has 2 aromatic carbocycles. The van der Waals surface area contributed by atoms with Gasteiger partial charge in [0.2, 0.25) is 0 Å². The summed E-state index contributed by atoms with van der Waals surface area (Å²) >= 11 is 6.25. The molecule has 6 heteroatoms. The number of nitrogens with one attached hydrogen (secondary N) is 1. The molecule has 0 aliphatic heterocycles. The molecule has 0 amide bonds. The Morgan fingerprint density at radius 3 is 2.46 bits per heavy atom. The number of methoxy groups -OCH3 is 1. The molecule has 0 unspecified atom stereocenters. The second-order valence-corrected chi connectivity index (χ2v) is 5.50. The lowest BCUT2D eigenvalue weighted by molar-refractivity contribution is 0.311. The van der Waals surface area contributed by atoms with Gasteiger partial charge in [0.1, 0.15) is 5.82 Å². The maximum Gasteiger partial charge on any atom is 0.179 e. The van der Waals surface area contributed by atoms with E-state index in [-0.39, 0.29) is 18.2 Å². The fraction of sp³-hybridized carbons (Fsp3) is 0.333. The van der Waals surface area contributed by atoms with Crippen molar-refractivity contribution in [1.82, 2.24) is 5.32 Å². The van der Waals surface area contributed by atoms with Crippen molar-refractivity contribution in [2.24, 2.45) is 0 Å². The average Bonchev–Trinajstić information content (AvgIpc) is 2.55. The van der Waals surface area contributed by atoms with Gasteiger partial charge in [-0.3, -0.25) is 0 Å². The van der Waals surface area contributed by atoms with Gasteiger partial charge in [0.25, 0.3) is 0 Å². The SMILES string of the molecule is CCOc1c(Cl)cc(CNCCc2ccc(F)cc2)cc1OC.Cl. The number of halogens is 3. The summed E-state index contributed by atoms with van der Waals surface area (Å²) in [5, 5.41) is 3.89. The third kappa shape index (κ3) is 5.86. The number of hydrogen-bond donors (Lipinski definition) is 1. The smallest absolute Gasteiger partial charge is 0.179 e. The van der Waals surface area contributed by atoms with Crippen molar-refractivity contribution in [3.63, 3.8) is 0 Å². The maximum absolute atomic E-state index is 12.8. The first kappa shape index (κ1) is 20.6. The third-order valence-electron chi connectivity index (χ3n) is 3.41. The standard InChI is InChI=1S/C18H21ClFNO2.ClH/c1-3-23-18-16(19)10-14(11-17(18)22-2)12-21-9-8-13-4-6-15(20)7-5-13;/h4-7,10-11,21H,3,8-9,12H2,1-2H3;1H. The molecular formula is C18H22Cl2FNO2. The lowest BCUT2D eigenvalue weighted by Crippen LogP contribution is -2.16. The highest BCUT2D eigenvalue weighted by molar-refractivity contribution is 6.32. The predicted octanol–water partition coefficient (Wildman–Crippen LogP) is 4.64. The van der Waals surface area contributed by atoms with Crippen LogP contribution in [-0.4, -0.2) is 20.3 Å². The van der Waals surface area contributed by atoms with Crippen LogP contribution in [0.4, 0.5) is 4.39 Å². The summed E-state index contributed by atoms with van der Waals surface area (Å²) in [5.41, 5.74) is 2.12. The summed E-state index contributed by atoms with van der Waals surface area (Å²) < 4.78 is 23.7. The van der Waals surface area contributed by atoms with Crippen molar-refractivity contribution in [1.29, 1.82) is 0 Å². The van der Waals surface area contributed by atoms with E-state index in [0.29, 0.717) is 29.7 Å². The molecule has 0 fully saturated rings. The number of rotatable bonds is 8. The summed E-state index contributed by atoms with van der Waals surface area (Å²) in [6.45, 7) is 3.90. The Kier molecular flexibility index (Phi) is 8.90. The van der Waals surface area contributed by atoms with Crippen LogP contribution < -0.4 is 14.8 Å². The normalized spacial score (nSPS) is 10.2. The first-order valence-corrected chi connectivity index (χ1v) is 7.96. The number of hydrogen-bond acceptors (Lipinski definition) is 3. The Morgan fingerprint density at radius 2 is 1.83 bits per heavy atom. The zero-order valence-corrected chi connectivity index (χ0v) is 15.3. The van der Waals surface area contributed by atoms with Crippen LogP contribution in [0.2, 0.25) is 5.02 Å². The second-order valence-electron chi connectivity index (χ2n) is 5.10. The van der Waals surface area contributed by atoms with Gasteiger partial charge in [0.15, 0.2) is 11.5 Å². The molecule has 2 rings (SSSR count). The minimum atomic E-state index is -0.210. The van der Waals surface area contributed by atoms with E-state index >= 15 is 0 Å². The molecule has 1 N–H and O–H groups in total. The third-order valence-corrected chi connectivity index (χ3v) is 3.69. The van der Waals surface area contributed by atoms with Crippen LogP contribution in [0.5, 0.6) is 11.5 Å². The van der Waals surface area contributed by atoms with Crippen molar-refractivity contribution >= 4 is 24.0 Å². The molecule has 132 valence electrons. The van der Waals surface area contributed by atoms with Gasteiger partial charge in [-0.15, -0.1) is 12.4 Å². The van der Waals surface area contributed by atoms with Gasteiger partial charge in [0, 0.05) is 6.54 Å². The molecule has 2 aromatic rings. The Labute approximate surface area is 153 Å². The van der Waals surface area contributed by atoms with E-state index in [9.17, 15) is 4.39 Å². The van der Waals surface area contributed by atoms with Crippen LogP contribution in [-0.2, 0) is 13.0 Å². The highest BCUT2D eigenvalue weighted by Gasteiger charge is 2.11. The van der Waals surface area contributed by atoms with Gasteiger partial charge in [-0.2, -0.15) is 0 Å². The van der Waals surface area contributed by atoms with Crippen molar-refractivity contribution in [2.45, 2.75) is 19.9 Å². The van der Waals surface area contributed by atoms with Crippen LogP contribution in [0.3, 0.4) is 0 Å². The molecule has 0 bridgehead atoms. The van der Waals surface area contributed by atoms with Crippen LogP contribution in [0, 0.1) is 5.82 Å². The quantitative estimate of drug-likeness (QED) is 0.683. The minimum absolute atomic E-state index is 0. The van der Waals surface area contributed by atoms with E-state index in [0.717, 1.165) is 24.1 Å². The van der Waals surface area contributed by atoms with E-state index in [1.165, 1.54) is 12.1 Å². The molecule has 0 saturated heterocycles. The van der Waals surface area contributed by atoms with Crippen LogP contribution in [0.1, 0.15) is 18.1 Å². The molecule has 24 heavy (non-hydrogen) atoms. The van der Waals surface area contributed by atoms with E-state index in [2.05, 4.69) is 5.32 Å². The molecule has 0 aliphatic rings. The van der Waals surface area contributed by atoms with Gasteiger partial charge in [-0.05, 0) is 55.3 Å². The van der Waals surface area contributed by atoms with E-state index in [4.69, 9.17) is 21.1 Å². The summed E-state index contributed by atoms with van der Waals surface area (Å²) in [4.78, 5) is 0. The largest absolute Gasteiger partial charge is 0.493 e. The highest BCUT2D eigenvalue weighted by Crippen LogP contribution is 2.36. The topological polar surface area (TPSA) is 30.5 Å². The lowest BCUT2D eigenvalue weighted by atomic mass is 10.1. The van der Waals surface area contributed by atoms with Gasteiger partial charge < -0.3 is 14.8 Å². The lowest BCUT2D eigenvalue weighted by Gasteiger charge is -2.13. The van der Waals surface area contributed by atoms with Crippen LogP contribution in [0.25, 0.3) is 0 Å². The summed E-state index contributed by atoms with van der Waals surface area (Å²) in [7, 11) is 1.60. The van der Waals surface area contributed by atoms with Crippen molar-refractivity contribution in [2.75, 3.05) is 20.3 Å². The molecule has 0 aromatic heterocycles. The van der Waals surface area contributed by atoms with Crippen molar-refractivity contribution < 1.29 is 13.9 Å². The number of ether oxygens (including phenoxy) is 2. The van der Waals surface area contributed by atoms with Crippen molar-refractivity contribution in [3.05, 3.63) is 58.4 Å². The first-order valence-electron chi connectivity index (χ1n) is 7.58. The monoisotopic (exact) mass is 373 g/mol. The van der Waals surface area contributed by atoms with Crippen LogP contribution in [0.15, 0.2) is 36.4 Å². The molecule has 0 spiro atoms. The Morgan fingerprint density at radius 1 is 1.12 bits per heavy atom. The van der Waals surface area contributed by atoms with Gasteiger partial charge in [-0.25, -0.2) is 4.39 Å². The molecule has 3 nitrogen and oxygen atoms in total. The zero-order chi connectivity index (χ0) is 16.7. The molecule has 0 aliphatic carbocycles. The van der Waals surface area contributed by atoms with Gasteiger partial charge in [-0.1, -0.05) is 23.7 Å². The summed E-state index contributed by atoms with van der Waals surface area (Å²) in [6.07, 6.45) is 0.835. The first-order chi connectivity index (χ1) is 11.1. The molecule has 0 atom stereocenters. The van der Waals surface area contributed by atoms with Crippen LogP contribution >= 0.6 is 24.0 Å². The van der Waals surface area contributed by atoms with Gasteiger partial charge in [0.05, 0.1) is 18.7 Å². The molecule has 0 saturated carbocycles. The van der Waals surface area contributed by atoms with E-state index in [1.54, 1.807) is 19.2 Å². The maximum atomic E-state index is 12.8. The molecule has 0 heterocycles. The van der Waals surface area contributed by atoms with E-state index in [1.807, 2.05) is 19.1 Å².